The molecular weight excluding hydrogens is 317 g/mol. The number of hydrogen-bond acceptors (Lipinski definition) is 5. The molecule has 0 aliphatic rings. The number of amides is 2. The fourth-order valence-corrected chi connectivity index (χ4v) is 1.81. The van der Waals surface area contributed by atoms with Crippen LogP contribution >= 0.6 is 0 Å². The maximum absolute atomic E-state index is 14.1. The van der Waals surface area contributed by atoms with E-state index in [1.807, 2.05) is 0 Å². The average molecular weight is 335 g/mol. The quantitative estimate of drug-likeness (QED) is 0.891. The molecule has 0 unspecified atom stereocenters. The molecule has 0 fully saturated rings. The normalized spacial score (nSPS) is 11.0. The lowest BCUT2D eigenvalue weighted by atomic mass is 10.2. The standard InChI is InChI=1S/C16H18FN3O4/c1-9-18-12(8-23-9)14(21)20-13-10(17)6-5-7-11(13)19-15(22)24-16(2,3)4/h5-8H,1-4H3,(H,19,22)(H,20,21). The van der Waals surface area contributed by atoms with Gasteiger partial charge in [0.25, 0.3) is 5.91 Å². The predicted molar refractivity (Wildman–Crippen MR) is 85.4 cm³/mol. The zero-order valence-corrected chi connectivity index (χ0v) is 13.8. The third-order valence-electron chi connectivity index (χ3n) is 2.74. The van der Waals surface area contributed by atoms with Crippen LogP contribution in [0, 0.1) is 12.7 Å². The molecule has 2 amide bonds. The minimum absolute atomic E-state index is 0.000953. The highest BCUT2D eigenvalue weighted by Gasteiger charge is 2.20. The summed E-state index contributed by atoms with van der Waals surface area (Å²) in [7, 11) is 0. The number of carbonyl (C=O) groups excluding carboxylic acids is 2. The van der Waals surface area contributed by atoms with Crippen LogP contribution in [-0.4, -0.2) is 22.6 Å². The molecule has 1 heterocycles. The van der Waals surface area contributed by atoms with E-state index in [9.17, 15) is 14.0 Å². The number of oxazole rings is 1. The first-order valence-corrected chi connectivity index (χ1v) is 7.18. The van der Waals surface area contributed by atoms with Crippen LogP contribution in [-0.2, 0) is 4.74 Å². The Balaban J connectivity index is 2.20. The highest BCUT2D eigenvalue weighted by Crippen LogP contribution is 2.26. The lowest BCUT2D eigenvalue weighted by molar-refractivity contribution is 0.0635. The number of nitrogens with one attached hydrogen (secondary N) is 2. The largest absolute Gasteiger partial charge is 0.448 e. The van der Waals surface area contributed by atoms with E-state index in [4.69, 9.17) is 9.15 Å². The monoisotopic (exact) mass is 335 g/mol. The Morgan fingerprint density at radius 1 is 1.25 bits per heavy atom. The summed E-state index contributed by atoms with van der Waals surface area (Å²) in [6, 6.07) is 4.00. The molecule has 0 atom stereocenters. The molecule has 0 bridgehead atoms. The van der Waals surface area contributed by atoms with Gasteiger partial charge in [0.15, 0.2) is 11.6 Å². The van der Waals surface area contributed by atoms with Crippen molar-refractivity contribution in [2.75, 3.05) is 10.6 Å². The molecule has 0 aliphatic carbocycles. The fraction of sp³-hybridized carbons (Fsp3) is 0.312. The van der Waals surface area contributed by atoms with Crippen molar-refractivity contribution in [3.05, 3.63) is 41.9 Å². The smallest absolute Gasteiger partial charge is 0.412 e. The van der Waals surface area contributed by atoms with Crippen LogP contribution < -0.4 is 10.6 Å². The highest BCUT2D eigenvalue weighted by atomic mass is 19.1. The SMILES string of the molecule is Cc1nc(C(=O)Nc2c(F)cccc2NC(=O)OC(C)(C)C)co1. The first-order chi connectivity index (χ1) is 11.2. The zero-order chi connectivity index (χ0) is 17.9. The number of ether oxygens (including phenoxy) is 1. The molecule has 0 saturated heterocycles. The maximum Gasteiger partial charge on any atom is 0.412 e. The Bertz CT molecular complexity index is 765. The van der Waals surface area contributed by atoms with Gasteiger partial charge < -0.3 is 14.5 Å². The van der Waals surface area contributed by atoms with Crippen LogP contribution in [0.1, 0.15) is 37.2 Å². The van der Waals surface area contributed by atoms with Crippen molar-refractivity contribution in [3.63, 3.8) is 0 Å². The van der Waals surface area contributed by atoms with Crippen molar-refractivity contribution in [1.82, 2.24) is 4.98 Å². The van der Waals surface area contributed by atoms with Gasteiger partial charge in [-0.1, -0.05) is 6.07 Å². The minimum atomic E-state index is -0.763. The van der Waals surface area contributed by atoms with Crippen molar-refractivity contribution < 1.29 is 23.1 Å². The van der Waals surface area contributed by atoms with Gasteiger partial charge in [-0.3, -0.25) is 10.1 Å². The van der Waals surface area contributed by atoms with E-state index >= 15 is 0 Å². The van der Waals surface area contributed by atoms with Gasteiger partial charge in [-0.05, 0) is 32.9 Å². The van der Waals surface area contributed by atoms with Gasteiger partial charge in [0.1, 0.15) is 23.4 Å². The first kappa shape index (κ1) is 17.5. The van der Waals surface area contributed by atoms with E-state index in [-0.39, 0.29) is 17.1 Å². The third kappa shape index (κ3) is 4.55. The second-order valence-electron chi connectivity index (χ2n) is 6.00. The van der Waals surface area contributed by atoms with Gasteiger partial charge in [0.2, 0.25) is 0 Å². The van der Waals surface area contributed by atoms with Crippen LogP contribution in [0.2, 0.25) is 0 Å². The summed E-state index contributed by atoms with van der Waals surface area (Å²) >= 11 is 0. The molecule has 8 heteroatoms. The maximum atomic E-state index is 14.1. The van der Waals surface area contributed by atoms with E-state index in [1.165, 1.54) is 12.1 Å². The van der Waals surface area contributed by atoms with Gasteiger partial charge in [-0.2, -0.15) is 0 Å². The number of para-hydroxylation sites is 1. The third-order valence-corrected chi connectivity index (χ3v) is 2.74. The molecule has 2 aromatic rings. The Morgan fingerprint density at radius 2 is 1.96 bits per heavy atom. The Labute approximate surface area is 138 Å². The number of rotatable bonds is 3. The number of benzene rings is 1. The number of nitrogens with zero attached hydrogens (tertiary/aromatic N) is 1. The van der Waals surface area contributed by atoms with Gasteiger partial charge >= 0.3 is 6.09 Å². The molecule has 7 nitrogen and oxygen atoms in total. The number of halogens is 1. The van der Waals surface area contributed by atoms with Crippen LogP contribution in [0.25, 0.3) is 0 Å². The topological polar surface area (TPSA) is 93.5 Å². The van der Waals surface area contributed by atoms with Gasteiger partial charge in [-0.15, -0.1) is 0 Å². The summed E-state index contributed by atoms with van der Waals surface area (Å²) in [4.78, 5) is 27.8. The van der Waals surface area contributed by atoms with Crippen molar-refractivity contribution in [2.24, 2.45) is 0 Å². The summed E-state index contributed by atoms with van der Waals surface area (Å²) < 4.78 is 24.1. The molecule has 0 spiro atoms. The van der Waals surface area contributed by atoms with Crippen molar-refractivity contribution in [1.29, 1.82) is 0 Å². The molecular formula is C16H18FN3O4. The summed E-state index contributed by atoms with van der Waals surface area (Å²) in [6.45, 7) is 6.69. The molecule has 24 heavy (non-hydrogen) atoms. The molecule has 0 saturated carbocycles. The highest BCUT2D eigenvalue weighted by molar-refractivity contribution is 6.05. The van der Waals surface area contributed by atoms with Crippen molar-refractivity contribution >= 4 is 23.4 Å². The Kier molecular flexibility index (Phi) is 4.87. The second kappa shape index (κ2) is 6.69. The first-order valence-electron chi connectivity index (χ1n) is 7.18. The molecule has 1 aromatic heterocycles. The van der Waals surface area contributed by atoms with E-state index < -0.39 is 23.4 Å². The number of anilines is 2. The molecule has 2 rings (SSSR count). The molecule has 128 valence electrons. The van der Waals surface area contributed by atoms with Crippen molar-refractivity contribution in [2.45, 2.75) is 33.3 Å². The number of aryl methyl sites for hydroxylation is 1. The molecule has 1 aromatic carbocycles. The van der Waals surface area contributed by atoms with E-state index in [1.54, 1.807) is 27.7 Å². The number of carbonyl (C=O) groups is 2. The summed E-state index contributed by atoms with van der Waals surface area (Å²) in [5, 5.41) is 4.78. The van der Waals surface area contributed by atoms with Crippen LogP contribution in [0.15, 0.2) is 28.9 Å². The number of aromatic nitrogens is 1. The van der Waals surface area contributed by atoms with E-state index in [0.29, 0.717) is 5.89 Å². The Morgan fingerprint density at radius 3 is 2.54 bits per heavy atom. The summed E-state index contributed by atoms with van der Waals surface area (Å²) in [6.07, 6.45) is 0.396. The van der Waals surface area contributed by atoms with Crippen LogP contribution in [0.5, 0.6) is 0 Å². The average Bonchev–Trinajstić information content (AvgIpc) is 2.87. The van der Waals surface area contributed by atoms with Crippen LogP contribution in [0.4, 0.5) is 20.6 Å². The molecule has 0 radical (unpaired) electrons. The molecule has 2 N–H and O–H groups in total. The predicted octanol–water partition coefficient (Wildman–Crippen LogP) is 3.72. The fourth-order valence-electron chi connectivity index (χ4n) is 1.81. The van der Waals surface area contributed by atoms with E-state index in [0.717, 1.165) is 12.3 Å². The molecule has 0 aliphatic heterocycles. The second-order valence-corrected chi connectivity index (χ2v) is 6.00. The number of hydrogen-bond donors (Lipinski definition) is 2. The lowest BCUT2D eigenvalue weighted by Gasteiger charge is -2.20. The summed E-state index contributed by atoms with van der Waals surface area (Å²) in [5.74, 6) is -1.07. The summed E-state index contributed by atoms with van der Waals surface area (Å²) in [5.41, 5.74) is -0.829. The van der Waals surface area contributed by atoms with E-state index in [2.05, 4.69) is 15.6 Å². The zero-order valence-electron chi connectivity index (χ0n) is 13.8. The van der Waals surface area contributed by atoms with Gasteiger partial charge in [0.05, 0.1) is 5.69 Å². The van der Waals surface area contributed by atoms with Gasteiger partial charge in [0, 0.05) is 6.92 Å². The van der Waals surface area contributed by atoms with Crippen LogP contribution in [0.3, 0.4) is 0 Å². The Hall–Kier alpha value is -2.90. The minimum Gasteiger partial charge on any atom is -0.448 e. The lowest BCUT2D eigenvalue weighted by Crippen LogP contribution is -2.27. The van der Waals surface area contributed by atoms with Gasteiger partial charge in [-0.25, -0.2) is 14.2 Å². The van der Waals surface area contributed by atoms with Crippen molar-refractivity contribution in [3.8, 4) is 0 Å².